The summed E-state index contributed by atoms with van der Waals surface area (Å²) in [6.45, 7) is 0. The quantitative estimate of drug-likeness (QED) is 0.729. The summed E-state index contributed by atoms with van der Waals surface area (Å²) in [7, 11) is 0. The Balaban J connectivity index is 3.30. The molecule has 1 rings (SSSR count). The minimum absolute atomic E-state index is 0.276. The number of allylic oxidation sites excluding steroid dienone is 1. The summed E-state index contributed by atoms with van der Waals surface area (Å²) in [6, 6.07) is 6.87. The van der Waals surface area contributed by atoms with E-state index < -0.39 is 0 Å². The van der Waals surface area contributed by atoms with Crippen LogP contribution in [0.1, 0.15) is 5.56 Å². The molecule has 1 aromatic carbocycles. The van der Waals surface area contributed by atoms with Crippen LogP contribution >= 0.6 is 23.2 Å². The topological polar surface area (TPSA) is 49.8 Å². The van der Waals surface area contributed by atoms with E-state index in [-0.39, 0.29) is 5.70 Å². The van der Waals surface area contributed by atoms with E-state index >= 15 is 0 Å². The van der Waals surface area contributed by atoms with Crippen molar-refractivity contribution >= 4 is 28.9 Å². The van der Waals surface area contributed by atoms with Gasteiger partial charge in [0.1, 0.15) is 0 Å². The van der Waals surface area contributed by atoms with Crippen molar-refractivity contribution < 1.29 is 0 Å². The van der Waals surface area contributed by atoms with E-state index in [0.717, 1.165) is 0 Å². The van der Waals surface area contributed by atoms with Gasteiger partial charge in [-0.2, -0.15) is 5.26 Å². The molecule has 0 aliphatic heterocycles. The van der Waals surface area contributed by atoms with E-state index in [1.807, 2.05) is 6.07 Å². The number of nitrogens with two attached hydrogens (primary N) is 1. The average Bonchev–Trinajstić information content (AvgIpc) is 2.04. The smallest absolute Gasteiger partial charge is 0.0933 e. The van der Waals surface area contributed by atoms with Crippen LogP contribution < -0.4 is 5.73 Å². The number of hydrogen-bond donors (Lipinski definition) is 1. The minimum Gasteiger partial charge on any atom is -0.398 e. The molecule has 0 bridgehead atoms. The molecule has 0 aliphatic rings. The lowest BCUT2D eigenvalue weighted by Crippen LogP contribution is -1.97. The van der Waals surface area contributed by atoms with Crippen LogP contribution in [0.5, 0.6) is 0 Å². The van der Waals surface area contributed by atoms with Gasteiger partial charge in [0, 0.05) is 11.6 Å². The maximum atomic E-state index is 8.39. The molecule has 0 spiro atoms. The Hall–Kier alpha value is -1.17. The van der Waals surface area contributed by atoms with Gasteiger partial charge in [0.05, 0.1) is 21.8 Å². The van der Waals surface area contributed by atoms with Gasteiger partial charge in [0.25, 0.3) is 0 Å². The highest BCUT2D eigenvalue weighted by Gasteiger charge is 2.06. The second-order valence-corrected chi connectivity index (χ2v) is 3.14. The van der Waals surface area contributed by atoms with Crippen LogP contribution in [0, 0.1) is 11.3 Å². The summed E-state index contributed by atoms with van der Waals surface area (Å²) in [5.74, 6) is 0. The SMILES string of the molecule is N#CC=C(N)c1c(Cl)cccc1Cl. The fourth-order valence-corrected chi connectivity index (χ4v) is 1.53. The molecule has 0 heterocycles. The van der Waals surface area contributed by atoms with Crippen molar-refractivity contribution in [2.45, 2.75) is 0 Å². The van der Waals surface area contributed by atoms with Crippen molar-refractivity contribution in [3.63, 3.8) is 0 Å². The van der Waals surface area contributed by atoms with Gasteiger partial charge in [0.15, 0.2) is 0 Å². The Kier molecular flexibility index (Phi) is 3.18. The summed E-state index contributed by atoms with van der Waals surface area (Å²) in [6.07, 6.45) is 1.20. The third-order valence-electron chi connectivity index (χ3n) is 1.47. The highest BCUT2D eigenvalue weighted by molar-refractivity contribution is 6.37. The Morgan fingerprint density at radius 2 is 1.92 bits per heavy atom. The molecule has 0 saturated heterocycles. The maximum absolute atomic E-state index is 8.39. The van der Waals surface area contributed by atoms with Crippen LogP contribution in [0.2, 0.25) is 10.0 Å². The first-order chi connectivity index (χ1) is 6.16. The van der Waals surface area contributed by atoms with E-state index in [4.69, 9.17) is 34.2 Å². The first-order valence-electron chi connectivity index (χ1n) is 3.46. The van der Waals surface area contributed by atoms with Crippen molar-refractivity contribution in [3.8, 4) is 6.07 Å². The van der Waals surface area contributed by atoms with Crippen molar-refractivity contribution in [1.29, 1.82) is 5.26 Å². The summed E-state index contributed by atoms with van der Waals surface area (Å²) in [5, 5.41) is 9.27. The van der Waals surface area contributed by atoms with Crippen LogP contribution in [0.3, 0.4) is 0 Å². The van der Waals surface area contributed by atoms with Crippen molar-refractivity contribution in [2.24, 2.45) is 5.73 Å². The maximum Gasteiger partial charge on any atom is 0.0933 e. The molecule has 13 heavy (non-hydrogen) atoms. The summed E-state index contributed by atoms with van der Waals surface area (Å²) in [4.78, 5) is 0. The van der Waals surface area contributed by atoms with Crippen molar-refractivity contribution in [1.82, 2.24) is 0 Å². The fraction of sp³-hybridized carbons (Fsp3) is 0. The monoisotopic (exact) mass is 212 g/mol. The second-order valence-electron chi connectivity index (χ2n) is 2.33. The molecule has 2 nitrogen and oxygen atoms in total. The molecule has 0 fully saturated rings. The highest BCUT2D eigenvalue weighted by Crippen LogP contribution is 2.28. The molecule has 0 saturated carbocycles. The molecular formula is C9H6Cl2N2. The first kappa shape index (κ1) is 9.91. The molecule has 0 amide bonds. The number of nitriles is 1. The molecule has 2 N–H and O–H groups in total. The number of nitrogens with zero attached hydrogens (tertiary/aromatic N) is 1. The largest absolute Gasteiger partial charge is 0.398 e. The third kappa shape index (κ3) is 2.15. The zero-order valence-corrected chi connectivity index (χ0v) is 8.10. The van der Waals surface area contributed by atoms with Gasteiger partial charge < -0.3 is 5.73 Å². The van der Waals surface area contributed by atoms with E-state index in [1.165, 1.54) is 6.08 Å². The lowest BCUT2D eigenvalue weighted by atomic mass is 10.1. The van der Waals surface area contributed by atoms with Crippen LogP contribution in [0.15, 0.2) is 24.3 Å². The Morgan fingerprint density at radius 3 is 2.38 bits per heavy atom. The van der Waals surface area contributed by atoms with E-state index in [0.29, 0.717) is 15.6 Å². The molecule has 0 aliphatic carbocycles. The Bertz CT molecular complexity index is 371. The van der Waals surface area contributed by atoms with Gasteiger partial charge in [-0.1, -0.05) is 29.3 Å². The molecule has 0 unspecified atom stereocenters. The summed E-state index contributed by atoms with van der Waals surface area (Å²) >= 11 is 11.7. The van der Waals surface area contributed by atoms with E-state index in [2.05, 4.69) is 0 Å². The molecule has 0 atom stereocenters. The van der Waals surface area contributed by atoms with E-state index in [1.54, 1.807) is 18.2 Å². The van der Waals surface area contributed by atoms with Crippen LogP contribution in [0.25, 0.3) is 5.70 Å². The van der Waals surface area contributed by atoms with Crippen LogP contribution in [-0.4, -0.2) is 0 Å². The number of rotatable bonds is 1. The minimum atomic E-state index is 0.276. The van der Waals surface area contributed by atoms with Gasteiger partial charge in [-0.15, -0.1) is 0 Å². The van der Waals surface area contributed by atoms with Crippen LogP contribution in [0.4, 0.5) is 0 Å². The normalized spacial score (nSPS) is 11.0. The highest BCUT2D eigenvalue weighted by atomic mass is 35.5. The zero-order chi connectivity index (χ0) is 9.84. The fourth-order valence-electron chi connectivity index (χ4n) is 0.915. The molecule has 0 aromatic heterocycles. The van der Waals surface area contributed by atoms with Gasteiger partial charge >= 0.3 is 0 Å². The summed E-state index contributed by atoms with van der Waals surface area (Å²) in [5.41, 5.74) is 6.36. The average molecular weight is 213 g/mol. The van der Waals surface area contributed by atoms with Gasteiger partial charge in [0.2, 0.25) is 0 Å². The lowest BCUT2D eigenvalue weighted by Gasteiger charge is -2.04. The Morgan fingerprint density at radius 1 is 1.38 bits per heavy atom. The number of halogens is 2. The third-order valence-corrected chi connectivity index (χ3v) is 2.10. The van der Waals surface area contributed by atoms with Gasteiger partial charge in [-0.25, -0.2) is 0 Å². The van der Waals surface area contributed by atoms with Crippen molar-refractivity contribution in [2.75, 3.05) is 0 Å². The van der Waals surface area contributed by atoms with Crippen molar-refractivity contribution in [3.05, 3.63) is 39.9 Å². The lowest BCUT2D eigenvalue weighted by molar-refractivity contribution is 1.49. The van der Waals surface area contributed by atoms with Gasteiger partial charge in [-0.05, 0) is 12.1 Å². The molecule has 1 aromatic rings. The molecule has 4 heteroatoms. The van der Waals surface area contributed by atoms with E-state index in [9.17, 15) is 0 Å². The molecular weight excluding hydrogens is 207 g/mol. The predicted octanol–water partition coefficient (Wildman–Crippen LogP) is 2.82. The molecule has 0 radical (unpaired) electrons. The van der Waals surface area contributed by atoms with Crippen LogP contribution in [-0.2, 0) is 0 Å². The first-order valence-corrected chi connectivity index (χ1v) is 4.22. The number of benzene rings is 1. The zero-order valence-electron chi connectivity index (χ0n) is 6.59. The summed E-state index contributed by atoms with van der Waals surface area (Å²) < 4.78 is 0. The predicted molar refractivity (Wildman–Crippen MR) is 54.2 cm³/mol. The molecule has 66 valence electrons. The van der Waals surface area contributed by atoms with Gasteiger partial charge in [-0.3, -0.25) is 0 Å². The number of hydrogen-bond acceptors (Lipinski definition) is 2. The Labute approximate surface area is 86.2 Å². The standard InChI is InChI=1S/C9H6Cl2N2/c10-6-2-1-3-7(11)9(6)8(13)4-5-12/h1-4H,13H2. The second kappa shape index (κ2) is 4.18.